The van der Waals surface area contributed by atoms with Crippen LogP contribution in [0.25, 0.3) is 0 Å². The van der Waals surface area contributed by atoms with Crippen molar-refractivity contribution < 1.29 is 4.74 Å². The smallest absolute Gasteiger partial charge is 0.132 e. The van der Waals surface area contributed by atoms with Crippen LogP contribution < -0.4 is 5.73 Å². The number of ether oxygens (including phenoxy) is 1. The lowest BCUT2D eigenvalue weighted by Crippen LogP contribution is -2.18. The number of benzene rings is 1. The molecule has 0 aliphatic heterocycles. The molecule has 0 radical (unpaired) electrons. The van der Waals surface area contributed by atoms with E-state index in [0.717, 1.165) is 5.56 Å². The predicted octanol–water partition coefficient (Wildman–Crippen LogP) is 2.07. The van der Waals surface area contributed by atoms with Gasteiger partial charge >= 0.3 is 0 Å². The van der Waals surface area contributed by atoms with Crippen LogP contribution in [0, 0.1) is 0 Å². The van der Waals surface area contributed by atoms with Crippen molar-refractivity contribution in [2.24, 2.45) is 5.73 Å². The van der Waals surface area contributed by atoms with Crippen LogP contribution in [0.1, 0.15) is 25.6 Å². The van der Waals surface area contributed by atoms with Gasteiger partial charge in [0.2, 0.25) is 0 Å². The molecular formula is C10H15NO. The number of hydrogen-bond acceptors (Lipinski definition) is 2. The van der Waals surface area contributed by atoms with Crippen molar-refractivity contribution in [1.82, 2.24) is 0 Å². The van der Waals surface area contributed by atoms with E-state index < -0.39 is 0 Å². The zero-order valence-corrected chi connectivity index (χ0v) is 7.53. The molecule has 2 heteroatoms. The standard InChI is InChI=1S/C10H15NO/c1-8(2)12-10(11)9-6-4-3-5-7-9/h3-8,10H,11H2,1-2H3. The van der Waals surface area contributed by atoms with Gasteiger partial charge in [-0.15, -0.1) is 0 Å². The Kier molecular flexibility index (Phi) is 3.26. The van der Waals surface area contributed by atoms with E-state index in [1.54, 1.807) is 0 Å². The summed E-state index contributed by atoms with van der Waals surface area (Å²) in [4.78, 5) is 0. The van der Waals surface area contributed by atoms with E-state index in [4.69, 9.17) is 10.5 Å². The maximum absolute atomic E-state index is 5.77. The lowest BCUT2D eigenvalue weighted by atomic mass is 10.2. The maximum atomic E-state index is 5.77. The molecule has 1 aromatic carbocycles. The molecule has 0 aromatic heterocycles. The Labute approximate surface area is 73.3 Å². The zero-order valence-electron chi connectivity index (χ0n) is 7.53. The van der Waals surface area contributed by atoms with Gasteiger partial charge in [-0.1, -0.05) is 30.3 Å². The summed E-state index contributed by atoms with van der Waals surface area (Å²) in [5.41, 5.74) is 6.79. The quantitative estimate of drug-likeness (QED) is 0.696. The summed E-state index contributed by atoms with van der Waals surface area (Å²) in [6.45, 7) is 3.95. The molecule has 0 fully saturated rings. The highest BCUT2D eigenvalue weighted by molar-refractivity contribution is 5.16. The third-order valence-corrected chi connectivity index (χ3v) is 1.55. The van der Waals surface area contributed by atoms with Crippen LogP contribution in [0.2, 0.25) is 0 Å². The predicted molar refractivity (Wildman–Crippen MR) is 49.6 cm³/mol. The summed E-state index contributed by atoms with van der Waals surface area (Å²) in [5, 5.41) is 0. The lowest BCUT2D eigenvalue weighted by Gasteiger charge is -2.15. The van der Waals surface area contributed by atoms with Gasteiger partial charge in [-0.25, -0.2) is 0 Å². The molecule has 0 aliphatic rings. The van der Waals surface area contributed by atoms with E-state index >= 15 is 0 Å². The lowest BCUT2D eigenvalue weighted by molar-refractivity contribution is 0.0104. The van der Waals surface area contributed by atoms with Crippen LogP contribution in [0.5, 0.6) is 0 Å². The largest absolute Gasteiger partial charge is 0.357 e. The highest BCUT2D eigenvalue weighted by Gasteiger charge is 2.06. The molecule has 0 heterocycles. The van der Waals surface area contributed by atoms with E-state index in [-0.39, 0.29) is 12.3 Å². The highest BCUT2D eigenvalue weighted by atomic mass is 16.5. The Morgan fingerprint density at radius 3 is 2.25 bits per heavy atom. The van der Waals surface area contributed by atoms with Crippen molar-refractivity contribution in [2.75, 3.05) is 0 Å². The average Bonchev–Trinajstić information content (AvgIpc) is 2.05. The molecule has 1 atom stereocenters. The van der Waals surface area contributed by atoms with Crippen LogP contribution in [-0.2, 0) is 4.74 Å². The Balaban J connectivity index is 2.59. The first kappa shape index (κ1) is 9.23. The minimum atomic E-state index is -0.300. The van der Waals surface area contributed by atoms with Crippen molar-refractivity contribution in [3.05, 3.63) is 35.9 Å². The van der Waals surface area contributed by atoms with Gasteiger partial charge < -0.3 is 10.5 Å². The van der Waals surface area contributed by atoms with E-state index in [1.807, 2.05) is 44.2 Å². The first-order chi connectivity index (χ1) is 5.70. The van der Waals surface area contributed by atoms with E-state index in [1.165, 1.54) is 0 Å². The van der Waals surface area contributed by atoms with Crippen molar-refractivity contribution in [1.29, 1.82) is 0 Å². The summed E-state index contributed by atoms with van der Waals surface area (Å²) in [6.07, 6.45) is -0.133. The summed E-state index contributed by atoms with van der Waals surface area (Å²) >= 11 is 0. The zero-order chi connectivity index (χ0) is 8.97. The van der Waals surface area contributed by atoms with Gasteiger partial charge in [-0.05, 0) is 19.4 Å². The molecule has 0 bridgehead atoms. The molecule has 12 heavy (non-hydrogen) atoms. The summed E-state index contributed by atoms with van der Waals surface area (Å²) in [6, 6.07) is 9.81. The fourth-order valence-electron chi connectivity index (χ4n) is 1.01. The molecule has 0 aliphatic carbocycles. The topological polar surface area (TPSA) is 35.2 Å². The van der Waals surface area contributed by atoms with Gasteiger partial charge in [0, 0.05) is 0 Å². The summed E-state index contributed by atoms with van der Waals surface area (Å²) in [5.74, 6) is 0. The first-order valence-electron chi connectivity index (χ1n) is 4.16. The highest BCUT2D eigenvalue weighted by Crippen LogP contribution is 2.12. The molecule has 1 aromatic rings. The van der Waals surface area contributed by atoms with Gasteiger partial charge in [0.15, 0.2) is 0 Å². The van der Waals surface area contributed by atoms with Gasteiger partial charge in [-0.2, -0.15) is 0 Å². The second kappa shape index (κ2) is 4.24. The number of nitrogens with two attached hydrogens (primary N) is 1. The van der Waals surface area contributed by atoms with Crippen molar-refractivity contribution >= 4 is 0 Å². The molecule has 2 N–H and O–H groups in total. The molecule has 1 unspecified atom stereocenters. The molecule has 0 saturated carbocycles. The van der Waals surface area contributed by atoms with Gasteiger partial charge in [-0.3, -0.25) is 0 Å². The fraction of sp³-hybridized carbons (Fsp3) is 0.400. The molecule has 1 rings (SSSR count). The summed E-state index contributed by atoms with van der Waals surface area (Å²) < 4.78 is 5.41. The first-order valence-corrected chi connectivity index (χ1v) is 4.16. The molecule has 0 spiro atoms. The Morgan fingerprint density at radius 2 is 1.75 bits per heavy atom. The molecule has 66 valence electrons. The number of hydrogen-bond donors (Lipinski definition) is 1. The second-order valence-corrected chi connectivity index (χ2v) is 3.02. The maximum Gasteiger partial charge on any atom is 0.132 e. The normalized spacial score (nSPS) is 13.3. The second-order valence-electron chi connectivity index (χ2n) is 3.02. The van der Waals surface area contributed by atoms with Crippen molar-refractivity contribution in [3.63, 3.8) is 0 Å². The van der Waals surface area contributed by atoms with Crippen LogP contribution >= 0.6 is 0 Å². The summed E-state index contributed by atoms with van der Waals surface area (Å²) in [7, 11) is 0. The molecule has 2 nitrogen and oxygen atoms in total. The Bertz CT molecular complexity index is 221. The average molecular weight is 165 g/mol. The van der Waals surface area contributed by atoms with Gasteiger partial charge in [0.1, 0.15) is 6.23 Å². The van der Waals surface area contributed by atoms with Crippen LogP contribution in [-0.4, -0.2) is 6.10 Å². The number of rotatable bonds is 3. The van der Waals surface area contributed by atoms with E-state index in [2.05, 4.69) is 0 Å². The van der Waals surface area contributed by atoms with Crippen molar-refractivity contribution in [3.8, 4) is 0 Å². The van der Waals surface area contributed by atoms with Crippen LogP contribution in [0.15, 0.2) is 30.3 Å². The monoisotopic (exact) mass is 165 g/mol. The fourth-order valence-corrected chi connectivity index (χ4v) is 1.01. The van der Waals surface area contributed by atoms with Gasteiger partial charge in [0.25, 0.3) is 0 Å². The Morgan fingerprint density at radius 1 is 1.17 bits per heavy atom. The van der Waals surface area contributed by atoms with Crippen molar-refractivity contribution in [2.45, 2.75) is 26.2 Å². The minimum Gasteiger partial charge on any atom is -0.357 e. The third kappa shape index (κ3) is 2.64. The van der Waals surface area contributed by atoms with E-state index in [0.29, 0.717) is 0 Å². The third-order valence-electron chi connectivity index (χ3n) is 1.55. The molecular weight excluding hydrogens is 150 g/mol. The van der Waals surface area contributed by atoms with Crippen LogP contribution in [0.4, 0.5) is 0 Å². The molecule has 0 saturated heterocycles. The van der Waals surface area contributed by atoms with Gasteiger partial charge in [0.05, 0.1) is 6.10 Å². The minimum absolute atomic E-state index is 0.167. The Hall–Kier alpha value is -0.860. The SMILES string of the molecule is CC(C)OC(N)c1ccccc1. The van der Waals surface area contributed by atoms with Crippen LogP contribution in [0.3, 0.4) is 0 Å². The van der Waals surface area contributed by atoms with E-state index in [9.17, 15) is 0 Å². The molecule has 0 amide bonds.